The van der Waals surface area contributed by atoms with Gasteiger partial charge in [-0.25, -0.2) is 0 Å². The van der Waals surface area contributed by atoms with Gasteiger partial charge in [0.15, 0.2) is 0 Å². The molecule has 2 rings (SSSR count). The van der Waals surface area contributed by atoms with Crippen molar-refractivity contribution in [2.75, 3.05) is 12.3 Å². The molecular formula is C15H22ClNS. The first-order valence-corrected chi connectivity index (χ1v) is 8.06. The van der Waals surface area contributed by atoms with Gasteiger partial charge in [-0.3, -0.25) is 0 Å². The molecule has 1 nitrogen and oxygen atoms in total. The Kier molecular flexibility index (Phi) is 4.63. The topological polar surface area (TPSA) is 12.0 Å². The average Bonchev–Trinajstić information content (AvgIpc) is 2.78. The fraction of sp³-hybridized carbons (Fsp3) is 0.600. The molecule has 0 radical (unpaired) electrons. The van der Waals surface area contributed by atoms with Crippen molar-refractivity contribution in [2.24, 2.45) is 0 Å². The van der Waals surface area contributed by atoms with Crippen LogP contribution in [0, 0.1) is 6.92 Å². The van der Waals surface area contributed by atoms with E-state index in [0.717, 1.165) is 17.1 Å². The quantitative estimate of drug-likeness (QED) is 0.868. The molecule has 0 saturated carbocycles. The van der Waals surface area contributed by atoms with Crippen molar-refractivity contribution in [3.63, 3.8) is 0 Å². The van der Waals surface area contributed by atoms with Gasteiger partial charge >= 0.3 is 0 Å². The molecule has 1 aromatic carbocycles. The third kappa shape index (κ3) is 2.87. The highest BCUT2D eigenvalue weighted by Gasteiger charge is 2.38. The minimum Gasteiger partial charge on any atom is -0.309 e. The van der Waals surface area contributed by atoms with E-state index in [0.29, 0.717) is 10.8 Å². The summed E-state index contributed by atoms with van der Waals surface area (Å²) < 4.78 is 0.300. The minimum atomic E-state index is 0.300. The SMILES string of the molecule is CCNC(c1ccc(C)c(Cl)c1)C1(C)CCCS1. The second kappa shape index (κ2) is 5.85. The lowest BCUT2D eigenvalue weighted by Crippen LogP contribution is -2.37. The molecule has 1 N–H and O–H groups in total. The van der Waals surface area contributed by atoms with E-state index in [1.807, 2.05) is 0 Å². The molecular weight excluding hydrogens is 262 g/mol. The van der Waals surface area contributed by atoms with Gasteiger partial charge in [-0.15, -0.1) is 0 Å². The Labute approximate surface area is 120 Å². The molecule has 1 aliphatic heterocycles. The number of halogens is 1. The Morgan fingerprint density at radius 3 is 2.83 bits per heavy atom. The molecule has 1 heterocycles. The summed E-state index contributed by atoms with van der Waals surface area (Å²) in [7, 11) is 0. The first-order chi connectivity index (χ1) is 8.57. The highest BCUT2D eigenvalue weighted by Crippen LogP contribution is 2.46. The van der Waals surface area contributed by atoms with E-state index in [2.05, 4.69) is 56.0 Å². The molecule has 0 bridgehead atoms. The Morgan fingerprint density at radius 1 is 1.50 bits per heavy atom. The Bertz CT molecular complexity index is 413. The van der Waals surface area contributed by atoms with Gasteiger partial charge in [0.1, 0.15) is 0 Å². The van der Waals surface area contributed by atoms with E-state index >= 15 is 0 Å². The van der Waals surface area contributed by atoms with Crippen LogP contribution in [-0.4, -0.2) is 17.0 Å². The van der Waals surface area contributed by atoms with Crippen LogP contribution in [0.4, 0.5) is 0 Å². The molecule has 18 heavy (non-hydrogen) atoms. The summed E-state index contributed by atoms with van der Waals surface area (Å²) in [6.45, 7) is 7.60. The monoisotopic (exact) mass is 283 g/mol. The highest BCUT2D eigenvalue weighted by atomic mass is 35.5. The van der Waals surface area contributed by atoms with Gasteiger partial charge in [-0.2, -0.15) is 11.8 Å². The minimum absolute atomic E-state index is 0.300. The predicted molar refractivity (Wildman–Crippen MR) is 82.7 cm³/mol. The summed E-state index contributed by atoms with van der Waals surface area (Å²) in [6.07, 6.45) is 2.60. The maximum absolute atomic E-state index is 6.28. The molecule has 0 spiro atoms. The fourth-order valence-electron chi connectivity index (χ4n) is 2.71. The first kappa shape index (κ1) is 14.2. The number of nitrogens with one attached hydrogen (secondary N) is 1. The molecule has 0 aliphatic carbocycles. The van der Waals surface area contributed by atoms with E-state index < -0.39 is 0 Å². The first-order valence-electron chi connectivity index (χ1n) is 6.70. The molecule has 100 valence electrons. The molecule has 0 aromatic heterocycles. The zero-order valence-corrected chi connectivity index (χ0v) is 13.0. The van der Waals surface area contributed by atoms with Crippen LogP contribution in [0.5, 0.6) is 0 Å². The molecule has 1 aliphatic rings. The van der Waals surface area contributed by atoms with Crippen LogP contribution < -0.4 is 5.32 Å². The van der Waals surface area contributed by atoms with Crippen molar-refractivity contribution in [2.45, 2.75) is 44.4 Å². The molecule has 1 fully saturated rings. The lowest BCUT2D eigenvalue weighted by Gasteiger charge is -2.34. The van der Waals surface area contributed by atoms with Crippen LogP contribution >= 0.6 is 23.4 Å². The van der Waals surface area contributed by atoms with Gasteiger partial charge in [0.05, 0.1) is 0 Å². The number of benzene rings is 1. The highest BCUT2D eigenvalue weighted by molar-refractivity contribution is 8.00. The van der Waals surface area contributed by atoms with Crippen molar-refractivity contribution in [3.8, 4) is 0 Å². The normalized spacial score (nSPS) is 25.3. The van der Waals surface area contributed by atoms with E-state index in [-0.39, 0.29) is 0 Å². The van der Waals surface area contributed by atoms with Crippen molar-refractivity contribution in [3.05, 3.63) is 34.3 Å². The summed E-state index contributed by atoms with van der Waals surface area (Å²) in [5, 5.41) is 4.53. The van der Waals surface area contributed by atoms with E-state index in [1.165, 1.54) is 24.2 Å². The van der Waals surface area contributed by atoms with Gasteiger partial charge in [0, 0.05) is 15.8 Å². The summed E-state index contributed by atoms with van der Waals surface area (Å²) in [5.74, 6) is 1.28. The van der Waals surface area contributed by atoms with Gasteiger partial charge < -0.3 is 5.32 Å². The van der Waals surface area contributed by atoms with Crippen molar-refractivity contribution in [1.82, 2.24) is 5.32 Å². The Morgan fingerprint density at radius 2 is 2.28 bits per heavy atom. The number of thioether (sulfide) groups is 1. The predicted octanol–water partition coefficient (Wildman–Crippen LogP) is 4.58. The second-order valence-corrected chi connectivity index (χ2v) is 7.30. The zero-order chi connectivity index (χ0) is 13.2. The summed E-state index contributed by atoms with van der Waals surface area (Å²) >= 11 is 8.37. The fourth-order valence-corrected chi connectivity index (χ4v) is 4.33. The summed E-state index contributed by atoms with van der Waals surface area (Å²) in [6, 6.07) is 6.88. The maximum atomic E-state index is 6.28. The molecule has 2 atom stereocenters. The standard InChI is InChI=1S/C15H22ClNS/c1-4-17-14(15(3)8-5-9-18-15)12-7-6-11(2)13(16)10-12/h6-7,10,14,17H,4-5,8-9H2,1-3H3. The maximum Gasteiger partial charge on any atom is 0.0466 e. The van der Waals surface area contributed by atoms with Crippen LogP contribution in [0.3, 0.4) is 0 Å². The molecule has 1 saturated heterocycles. The van der Waals surface area contributed by atoms with Gasteiger partial charge in [0.25, 0.3) is 0 Å². The average molecular weight is 284 g/mol. The van der Waals surface area contributed by atoms with E-state index in [9.17, 15) is 0 Å². The number of hydrogen-bond donors (Lipinski definition) is 1. The van der Waals surface area contributed by atoms with E-state index in [4.69, 9.17) is 11.6 Å². The summed E-state index contributed by atoms with van der Waals surface area (Å²) in [5.41, 5.74) is 2.48. The largest absolute Gasteiger partial charge is 0.309 e. The Balaban J connectivity index is 2.31. The van der Waals surface area contributed by atoms with Crippen LogP contribution in [0.2, 0.25) is 5.02 Å². The molecule has 0 amide bonds. The van der Waals surface area contributed by atoms with Gasteiger partial charge in [-0.05, 0) is 56.2 Å². The molecule has 2 unspecified atom stereocenters. The van der Waals surface area contributed by atoms with Crippen LogP contribution in [0.1, 0.15) is 43.9 Å². The van der Waals surface area contributed by atoms with Crippen LogP contribution in [-0.2, 0) is 0 Å². The van der Waals surface area contributed by atoms with Crippen molar-refractivity contribution >= 4 is 23.4 Å². The zero-order valence-electron chi connectivity index (χ0n) is 11.4. The molecule has 3 heteroatoms. The summed E-state index contributed by atoms with van der Waals surface area (Å²) in [4.78, 5) is 0. The third-order valence-corrected chi connectivity index (χ3v) is 5.80. The lowest BCUT2D eigenvalue weighted by molar-refractivity contribution is 0.421. The number of aryl methyl sites for hydroxylation is 1. The van der Waals surface area contributed by atoms with Crippen molar-refractivity contribution < 1.29 is 0 Å². The van der Waals surface area contributed by atoms with Gasteiger partial charge in [-0.1, -0.05) is 30.7 Å². The van der Waals surface area contributed by atoms with Gasteiger partial charge in [0.2, 0.25) is 0 Å². The van der Waals surface area contributed by atoms with Crippen LogP contribution in [0.15, 0.2) is 18.2 Å². The number of hydrogen-bond acceptors (Lipinski definition) is 2. The Hall–Kier alpha value is -0.180. The second-order valence-electron chi connectivity index (χ2n) is 5.26. The van der Waals surface area contributed by atoms with Crippen molar-refractivity contribution in [1.29, 1.82) is 0 Å². The molecule has 1 aromatic rings. The smallest absolute Gasteiger partial charge is 0.0466 e. The van der Waals surface area contributed by atoms with E-state index in [1.54, 1.807) is 0 Å². The third-order valence-electron chi connectivity index (χ3n) is 3.80. The number of rotatable bonds is 4. The van der Waals surface area contributed by atoms with Crippen LogP contribution in [0.25, 0.3) is 0 Å². The lowest BCUT2D eigenvalue weighted by atomic mass is 9.90.